The topological polar surface area (TPSA) is 0 Å². The van der Waals surface area contributed by atoms with E-state index in [1.54, 1.807) is 0 Å². The van der Waals surface area contributed by atoms with Crippen LogP contribution in [0.25, 0.3) is 0 Å². The summed E-state index contributed by atoms with van der Waals surface area (Å²) in [6.45, 7) is 10.2. The maximum Gasteiger partial charge on any atom is -0.0348 e. The standard InChI is InChI=1S/C12H20/c1-5-7-8-9-10-12(4)11(3)6-2/h6,9-10H,2,5,7-8H2,1,3-4H3. The fourth-order valence-electron chi connectivity index (χ4n) is 0.875. The van der Waals surface area contributed by atoms with Crippen molar-refractivity contribution in [3.8, 4) is 0 Å². The second-order valence-corrected chi connectivity index (χ2v) is 3.11. The first-order valence-electron chi connectivity index (χ1n) is 4.68. The van der Waals surface area contributed by atoms with Gasteiger partial charge in [-0.3, -0.25) is 0 Å². The molecule has 0 fully saturated rings. The van der Waals surface area contributed by atoms with Crippen LogP contribution in [-0.4, -0.2) is 0 Å². The summed E-state index contributed by atoms with van der Waals surface area (Å²) >= 11 is 0. The Morgan fingerprint density at radius 3 is 2.42 bits per heavy atom. The van der Waals surface area contributed by atoms with Gasteiger partial charge in [-0.1, -0.05) is 44.6 Å². The van der Waals surface area contributed by atoms with E-state index in [2.05, 4.69) is 39.5 Å². The van der Waals surface area contributed by atoms with Crippen molar-refractivity contribution < 1.29 is 0 Å². The second kappa shape index (κ2) is 6.90. The SMILES string of the molecule is C=CC(C)=C(C)C=CCCCC. The lowest BCUT2D eigenvalue weighted by Gasteiger charge is -1.95. The van der Waals surface area contributed by atoms with Crippen LogP contribution in [0.1, 0.15) is 40.0 Å². The van der Waals surface area contributed by atoms with Crippen LogP contribution >= 0.6 is 0 Å². The molecule has 0 atom stereocenters. The molecule has 0 nitrogen and oxygen atoms in total. The predicted molar refractivity (Wildman–Crippen MR) is 57.2 cm³/mol. The molecule has 0 aliphatic heterocycles. The number of hydrogen-bond acceptors (Lipinski definition) is 0. The summed E-state index contributed by atoms with van der Waals surface area (Å²) in [6.07, 6.45) is 10.1. The van der Waals surface area contributed by atoms with Gasteiger partial charge >= 0.3 is 0 Å². The van der Waals surface area contributed by atoms with E-state index in [0.29, 0.717) is 0 Å². The molecule has 0 unspecified atom stereocenters. The van der Waals surface area contributed by atoms with Crippen molar-refractivity contribution in [2.45, 2.75) is 40.0 Å². The Morgan fingerprint density at radius 2 is 1.92 bits per heavy atom. The van der Waals surface area contributed by atoms with E-state index in [9.17, 15) is 0 Å². The van der Waals surface area contributed by atoms with Gasteiger partial charge in [0, 0.05) is 0 Å². The van der Waals surface area contributed by atoms with Gasteiger partial charge in [0.25, 0.3) is 0 Å². The van der Waals surface area contributed by atoms with Crippen LogP contribution in [0.4, 0.5) is 0 Å². The summed E-state index contributed by atoms with van der Waals surface area (Å²) in [6, 6.07) is 0. The first kappa shape index (κ1) is 11.2. The fraction of sp³-hybridized carbons (Fsp3) is 0.500. The number of rotatable bonds is 5. The van der Waals surface area contributed by atoms with Crippen LogP contribution in [-0.2, 0) is 0 Å². The van der Waals surface area contributed by atoms with Crippen LogP contribution in [0.5, 0.6) is 0 Å². The minimum Gasteiger partial charge on any atom is -0.0988 e. The molecule has 0 heteroatoms. The van der Waals surface area contributed by atoms with E-state index in [4.69, 9.17) is 0 Å². The molecule has 0 aromatic rings. The molecule has 0 saturated carbocycles. The predicted octanol–water partition coefficient (Wildman–Crippen LogP) is 4.26. The molecular formula is C12H20. The van der Waals surface area contributed by atoms with Gasteiger partial charge in [0.2, 0.25) is 0 Å². The van der Waals surface area contributed by atoms with E-state index in [1.165, 1.54) is 30.4 Å². The van der Waals surface area contributed by atoms with Crippen molar-refractivity contribution in [2.24, 2.45) is 0 Å². The molecule has 0 radical (unpaired) electrons. The number of unbranched alkanes of at least 4 members (excludes halogenated alkanes) is 2. The Hall–Kier alpha value is -0.780. The zero-order valence-electron chi connectivity index (χ0n) is 8.56. The molecule has 0 N–H and O–H groups in total. The highest BCUT2D eigenvalue weighted by molar-refractivity contribution is 5.28. The van der Waals surface area contributed by atoms with Crippen LogP contribution in [0.3, 0.4) is 0 Å². The van der Waals surface area contributed by atoms with Gasteiger partial charge in [-0.25, -0.2) is 0 Å². The Balaban J connectivity index is 3.90. The first-order valence-corrected chi connectivity index (χ1v) is 4.68. The van der Waals surface area contributed by atoms with Crippen molar-refractivity contribution in [3.63, 3.8) is 0 Å². The molecule has 0 aliphatic rings. The van der Waals surface area contributed by atoms with Crippen molar-refractivity contribution >= 4 is 0 Å². The van der Waals surface area contributed by atoms with E-state index in [-0.39, 0.29) is 0 Å². The zero-order valence-corrected chi connectivity index (χ0v) is 8.56. The quantitative estimate of drug-likeness (QED) is 0.421. The Labute approximate surface area is 76.7 Å². The van der Waals surface area contributed by atoms with E-state index < -0.39 is 0 Å². The van der Waals surface area contributed by atoms with E-state index >= 15 is 0 Å². The Morgan fingerprint density at radius 1 is 1.25 bits per heavy atom. The van der Waals surface area contributed by atoms with Crippen molar-refractivity contribution in [2.75, 3.05) is 0 Å². The average Bonchev–Trinajstić information content (AvgIpc) is 2.10. The molecule has 0 amide bonds. The van der Waals surface area contributed by atoms with Crippen LogP contribution in [0.15, 0.2) is 36.0 Å². The molecular weight excluding hydrogens is 144 g/mol. The molecule has 0 aromatic heterocycles. The van der Waals surface area contributed by atoms with Gasteiger partial charge in [-0.2, -0.15) is 0 Å². The smallest absolute Gasteiger partial charge is 0.0348 e. The van der Waals surface area contributed by atoms with Gasteiger partial charge in [0.15, 0.2) is 0 Å². The first-order chi connectivity index (χ1) is 5.72. The summed E-state index contributed by atoms with van der Waals surface area (Å²) in [5.74, 6) is 0. The molecule has 0 bridgehead atoms. The summed E-state index contributed by atoms with van der Waals surface area (Å²) in [5.41, 5.74) is 2.59. The van der Waals surface area contributed by atoms with Gasteiger partial charge < -0.3 is 0 Å². The maximum atomic E-state index is 3.73. The molecule has 0 rings (SSSR count). The summed E-state index contributed by atoms with van der Waals surface area (Å²) < 4.78 is 0. The van der Waals surface area contributed by atoms with Gasteiger partial charge in [-0.05, 0) is 31.4 Å². The third-order valence-electron chi connectivity index (χ3n) is 2.02. The van der Waals surface area contributed by atoms with Crippen LogP contribution in [0, 0.1) is 0 Å². The van der Waals surface area contributed by atoms with Gasteiger partial charge in [0.1, 0.15) is 0 Å². The van der Waals surface area contributed by atoms with Crippen LogP contribution < -0.4 is 0 Å². The average molecular weight is 164 g/mol. The second-order valence-electron chi connectivity index (χ2n) is 3.11. The van der Waals surface area contributed by atoms with Crippen molar-refractivity contribution in [3.05, 3.63) is 36.0 Å². The minimum absolute atomic E-state index is 1.19. The highest BCUT2D eigenvalue weighted by Crippen LogP contribution is 2.06. The van der Waals surface area contributed by atoms with E-state index in [1.807, 2.05) is 6.08 Å². The third kappa shape index (κ3) is 4.95. The Kier molecular flexibility index (Phi) is 6.45. The molecule has 0 spiro atoms. The maximum absolute atomic E-state index is 3.73. The third-order valence-corrected chi connectivity index (χ3v) is 2.02. The summed E-state index contributed by atoms with van der Waals surface area (Å²) in [5, 5.41) is 0. The van der Waals surface area contributed by atoms with Gasteiger partial charge in [0.05, 0.1) is 0 Å². The zero-order chi connectivity index (χ0) is 9.40. The van der Waals surface area contributed by atoms with Crippen molar-refractivity contribution in [1.29, 1.82) is 0 Å². The summed E-state index contributed by atoms with van der Waals surface area (Å²) in [7, 11) is 0. The molecule has 12 heavy (non-hydrogen) atoms. The highest BCUT2D eigenvalue weighted by Gasteiger charge is 1.86. The lowest BCUT2D eigenvalue weighted by Crippen LogP contribution is -1.75. The normalized spacial score (nSPS) is 13.2. The fourth-order valence-corrected chi connectivity index (χ4v) is 0.875. The lowest BCUT2D eigenvalue weighted by atomic mass is 10.1. The molecule has 68 valence electrons. The van der Waals surface area contributed by atoms with Gasteiger partial charge in [-0.15, -0.1) is 0 Å². The van der Waals surface area contributed by atoms with E-state index in [0.717, 1.165) is 0 Å². The number of allylic oxidation sites excluding steroid dienone is 5. The summed E-state index contributed by atoms with van der Waals surface area (Å²) in [4.78, 5) is 0. The minimum atomic E-state index is 1.19. The Bertz CT molecular complexity index is 182. The molecule has 0 heterocycles. The number of hydrogen-bond donors (Lipinski definition) is 0. The lowest BCUT2D eigenvalue weighted by molar-refractivity contribution is 0.814. The largest absolute Gasteiger partial charge is 0.0988 e. The highest BCUT2D eigenvalue weighted by atomic mass is 13.9. The molecule has 0 aromatic carbocycles. The molecule has 0 aliphatic carbocycles. The van der Waals surface area contributed by atoms with Crippen LogP contribution in [0.2, 0.25) is 0 Å². The monoisotopic (exact) mass is 164 g/mol. The van der Waals surface area contributed by atoms with Crippen molar-refractivity contribution in [1.82, 2.24) is 0 Å². The molecule has 0 saturated heterocycles.